The number of rotatable bonds is 8. The molecule has 0 bridgehead atoms. The topological polar surface area (TPSA) is 87.7 Å². The third-order valence-electron chi connectivity index (χ3n) is 5.45. The van der Waals surface area contributed by atoms with Gasteiger partial charge in [-0.1, -0.05) is 36.7 Å². The maximum atomic E-state index is 13.0. The largest absolute Gasteiger partial charge is 0.494 e. The van der Waals surface area contributed by atoms with E-state index in [9.17, 15) is 14.4 Å². The third-order valence-corrected chi connectivity index (χ3v) is 5.80. The predicted octanol–water partition coefficient (Wildman–Crippen LogP) is 5.34. The van der Waals surface area contributed by atoms with Crippen molar-refractivity contribution in [2.24, 2.45) is 0 Å². The molecule has 3 aromatic carbocycles. The standard InChI is InChI=1S/C27H24ClN3O4/c1-3-17-8-10-19(11-9-17)30-25(32)18-6-5-7-20(16-18)29-24-23(28)26(33)31(27(24)34)21-12-14-22(15-13-21)35-4-2/h5-16,29H,3-4H2,1-2H3,(H,30,32). The molecule has 1 aliphatic rings. The number of benzene rings is 3. The van der Waals surface area contributed by atoms with Gasteiger partial charge in [-0.05, 0) is 73.5 Å². The minimum Gasteiger partial charge on any atom is -0.494 e. The Bertz CT molecular complexity index is 1300. The predicted molar refractivity (Wildman–Crippen MR) is 137 cm³/mol. The Morgan fingerprint density at radius 3 is 2.29 bits per heavy atom. The lowest BCUT2D eigenvalue weighted by Crippen LogP contribution is -2.32. The van der Waals surface area contributed by atoms with Crippen LogP contribution in [0.5, 0.6) is 5.75 Å². The monoisotopic (exact) mass is 489 g/mol. The molecule has 0 unspecified atom stereocenters. The van der Waals surface area contributed by atoms with Gasteiger partial charge in [-0.2, -0.15) is 0 Å². The average molecular weight is 490 g/mol. The summed E-state index contributed by atoms with van der Waals surface area (Å²) in [6.07, 6.45) is 0.914. The minimum atomic E-state index is -0.632. The number of halogens is 1. The molecule has 3 aromatic rings. The molecule has 0 radical (unpaired) electrons. The fourth-order valence-corrected chi connectivity index (χ4v) is 3.83. The lowest BCUT2D eigenvalue weighted by atomic mass is 10.1. The summed E-state index contributed by atoms with van der Waals surface area (Å²) in [6, 6.07) is 20.8. The summed E-state index contributed by atoms with van der Waals surface area (Å²) in [7, 11) is 0. The number of ether oxygens (including phenoxy) is 1. The summed E-state index contributed by atoms with van der Waals surface area (Å²) in [4.78, 5) is 39.5. The molecule has 178 valence electrons. The number of nitrogens with zero attached hydrogens (tertiary/aromatic N) is 1. The van der Waals surface area contributed by atoms with Crippen LogP contribution in [0, 0.1) is 0 Å². The summed E-state index contributed by atoms with van der Waals surface area (Å²) in [5.41, 5.74) is 3.00. The van der Waals surface area contributed by atoms with Crippen LogP contribution >= 0.6 is 11.6 Å². The summed E-state index contributed by atoms with van der Waals surface area (Å²) in [5, 5.41) is 5.53. The van der Waals surface area contributed by atoms with E-state index in [2.05, 4.69) is 17.6 Å². The summed E-state index contributed by atoms with van der Waals surface area (Å²) in [6.45, 7) is 4.43. The van der Waals surface area contributed by atoms with E-state index in [1.165, 1.54) is 5.56 Å². The van der Waals surface area contributed by atoms with Crippen LogP contribution in [0.25, 0.3) is 0 Å². The summed E-state index contributed by atoms with van der Waals surface area (Å²) in [5.74, 6) is -0.894. The van der Waals surface area contributed by atoms with Crippen LogP contribution in [0.15, 0.2) is 83.5 Å². The fraction of sp³-hybridized carbons (Fsp3) is 0.148. The Hall–Kier alpha value is -4.10. The average Bonchev–Trinajstić information content (AvgIpc) is 3.08. The molecule has 2 N–H and O–H groups in total. The van der Waals surface area contributed by atoms with Gasteiger partial charge in [-0.25, -0.2) is 4.90 Å². The zero-order chi connectivity index (χ0) is 24.9. The fourth-order valence-electron chi connectivity index (χ4n) is 3.61. The van der Waals surface area contributed by atoms with Crippen LogP contribution in [-0.2, 0) is 16.0 Å². The normalized spacial score (nSPS) is 13.3. The van der Waals surface area contributed by atoms with Crippen molar-refractivity contribution in [3.05, 3.63) is 94.7 Å². The van der Waals surface area contributed by atoms with E-state index in [4.69, 9.17) is 16.3 Å². The van der Waals surface area contributed by atoms with Crippen molar-refractivity contribution in [2.75, 3.05) is 22.1 Å². The van der Waals surface area contributed by atoms with Crippen LogP contribution in [-0.4, -0.2) is 24.3 Å². The number of anilines is 3. The third kappa shape index (κ3) is 5.20. The molecule has 0 atom stereocenters. The first kappa shape index (κ1) is 24.0. The molecular formula is C27H24ClN3O4. The molecular weight excluding hydrogens is 466 g/mol. The first-order valence-electron chi connectivity index (χ1n) is 11.2. The Kier molecular flexibility index (Phi) is 7.17. The molecule has 0 saturated carbocycles. The number of hydrogen-bond donors (Lipinski definition) is 2. The number of carbonyl (C=O) groups excluding carboxylic acids is 3. The molecule has 3 amide bonds. The zero-order valence-corrected chi connectivity index (χ0v) is 20.1. The van der Waals surface area contributed by atoms with Crippen molar-refractivity contribution >= 4 is 46.4 Å². The molecule has 1 heterocycles. The molecule has 0 saturated heterocycles. The van der Waals surface area contributed by atoms with Gasteiger partial charge in [0.05, 0.1) is 12.3 Å². The molecule has 0 aliphatic carbocycles. The van der Waals surface area contributed by atoms with Crippen LogP contribution in [0.1, 0.15) is 29.8 Å². The smallest absolute Gasteiger partial charge is 0.283 e. The Labute approximate surface area is 208 Å². The van der Waals surface area contributed by atoms with E-state index in [1.54, 1.807) is 48.5 Å². The summed E-state index contributed by atoms with van der Waals surface area (Å²) < 4.78 is 5.41. The van der Waals surface area contributed by atoms with Crippen molar-refractivity contribution in [2.45, 2.75) is 20.3 Å². The molecule has 8 heteroatoms. The number of hydrogen-bond acceptors (Lipinski definition) is 5. The van der Waals surface area contributed by atoms with E-state index < -0.39 is 11.8 Å². The highest BCUT2D eigenvalue weighted by Gasteiger charge is 2.39. The van der Waals surface area contributed by atoms with Gasteiger partial charge < -0.3 is 15.4 Å². The minimum absolute atomic E-state index is 0.0572. The number of amides is 3. The number of carbonyl (C=O) groups is 3. The van der Waals surface area contributed by atoms with Crippen molar-refractivity contribution in [1.29, 1.82) is 0 Å². The second-order valence-corrected chi connectivity index (χ2v) is 8.15. The van der Waals surface area contributed by atoms with Crippen molar-refractivity contribution < 1.29 is 19.1 Å². The van der Waals surface area contributed by atoms with Crippen LogP contribution in [0.2, 0.25) is 0 Å². The highest BCUT2D eigenvalue weighted by Crippen LogP contribution is 2.31. The molecule has 1 aliphatic heterocycles. The Morgan fingerprint density at radius 1 is 0.914 bits per heavy atom. The highest BCUT2D eigenvalue weighted by atomic mass is 35.5. The van der Waals surface area contributed by atoms with Gasteiger partial charge in [-0.15, -0.1) is 0 Å². The van der Waals surface area contributed by atoms with Gasteiger partial charge in [0.1, 0.15) is 16.5 Å². The van der Waals surface area contributed by atoms with Crippen molar-refractivity contribution in [3.63, 3.8) is 0 Å². The molecule has 0 fully saturated rings. The highest BCUT2D eigenvalue weighted by molar-refractivity contribution is 6.53. The van der Waals surface area contributed by atoms with Gasteiger partial charge in [0.2, 0.25) is 0 Å². The van der Waals surface area contributed by atoms with E-state index in [0.29, 0.717) is 35.0 Å². The van der Waals surface area contributed by atoms with Gasteiger partial charge in [0, 0.05) is 16.9 Å². The van der Waals surface area contributed by atoms with Gasteiger partial charge in [0.15, 0.2) is 0 Å². The van der Waals surface area contributed by atoms with E-state index in [1.807, 2.05) is 31.2 Å². The lowest BCUT2D eigenvalue weighted by Gasteiger charge is -2.16. The molecule has 0 aromatic heterocycles. The molecule has 35 heavy (non-hydrogen) atoms. The molecule has 4 rings (SSSR count). The van der Waals surface area contributed by atoms with Crippen LogP contribution in [0.3, 0.4) is 0 Å². The number of imide groups is 1. The first-order chi connectivity index (χ1) is 16.9. The lowest BCUT2D eigenvalue weighted by molar-refractivity contribution is -0.120. The summed E-state index contributed by atoms with van der Waals surface area (Å²) >= 11 is 6.23. The van der Waals surface area contributed by atoms with E-state index >= 15 is 0 Å². The van der Waals surface area contributed by atoms with Crippen molar-refractivity contribution in [1.82, 2.24) is 0 Å². The van der Waals surface area contributed by atoms with E-state index in [0.717, 1.165) is 11.3 Å². The van der Waals surface area contributed by atoms with Gasteiger partial charge >= 0.3 is 0 Å². The van der Waals surface area contributed by atoms with Gasteiger partial charge in [0.25, 0.3) is 17.7 Å². The number of nitrogens with one attached hydrogen (secondary N) is 2. The Morgan fingerprint density at radius 2 is 1.63 bits per heavy atom. The van der Waals surface area contributed by atoms with Crippen LogP contribution in [0.4, 0.5) is 17.1 Å². The zero-order valence-electron chi connectivity index (χ0n) is 19.3. The maximum absolute atomic E-state index is 13.0. The quantitative estimate of drug-likeness (QED) is 0.417. The molecule has 0 spiro atoms. The second-order valence-electron chi connectivity index (χ2n) is 7.77. The second kappa shape index (κ2) is 10.4. The SMILES string of the molecule is CCOc1ccc(N2C(=O)C(Cl)=C(Nc3cccc(C(=O)Nc4ccc(CC)cc4)c3)C2=O)cc1. The maximum Gasteiger partial charge on any atom is 0.283 e. The first-order valence-corrected chi connectivity index (χ1v) is 11.6. The van der Waals surface area contributed by atoms with Crippen molar-refractivity contribution in [3.8, 4) is 5.75 Å². The van der Waals surface area contributed by atoms with Crippen LogP contribution < -0.4 is 20.3 Å². The number of aryl methyl sites for hydroxylation is 1. The molecule has 7 nitrogen and oxygen atoms in total. The van der Waals surface area contributed by atoms with E-state index in [-0.39, 0.29) is 16.6 Å². The Balaban J connectivity index is 1.49. The van der Waals surface area contributed by atoms with Gasteiger partial charge in [-0.3, -0.25) is 14.4 Å².